The summed E-state index contributed by atoms with van der Waals surface area (Å²) in [6.07, 6.45) is 5.52. The molecular weight excluding hydrogens is 260 g/mol. The summed E-state index contributed by atoms with van der Waals surface area (Å²) >= 11 is 0. The van der Waals surface area contributed by atoms with E-state index in [1.54, 1.807) is 6.20 Å². The van der Waals surface area contributed by atoms with Crippen LogP contribution in [0.4, 0.5) is 0 Å². The van der Waals surface area contributed by atoms with Crippen molar-refractivity contribution in [3.63, 3.8) is 0 Å². The number of pyridine rings is 3. The van der Waals surface area contributed by atoms with Gasteiger partial charge in [-0.25, -0.2) is 4.98 Å². The molecule has 4 nitrogen and oxygen atoms in total. The van der Waals surface area contributed by atoms with Gasteiger partial charge in [0.25, 0.3) is 0 Å². The van der Waals surface area contributed by atoms with Crippen LogP contribution in [-0.2, 0) is 7.05 Å². The predicted octanol–water partition coefficient (Wildman–Crippen LogP) is 3.49. The Morgan fingerprint density at radius 3 is 2.76 bits per heavy atom. The van der Waals surface area contributed by atoms with Crippen molar-refractivity contribution in [2.45, 2.75) is 6.92 Å². The molecule has 0 aliphatic rings. The lowest BCUT2D eigenvalue weighted by Crippen LogP contribution is -1.93. The molecule has 4 aromatic heterocycles. The Labute approximate surface area is 122 Å². The van der Waals surface area contributed by atoms with Gasteiger partial charge < -0.3 is 4.57 Å². The van der Waals surface area contributed by atoms with Crippen LogP contribution in [0.15, 0.2) is 48.9 Å². The maximum atomic E-state index is 4.84. The Balaban J connectivity index is 2.05. The van der Waals surface area contributed by atoms with E-state index >= 15 is 0 Å². The minimum Gasteiger partial charge on any atom is -0.328 e. The summed E-state index contributed by atoms with van der Waals surface area (Å²) in [5.74, 6) is 0. The minimum absolute atomic E-state index is 0.951. The van der Waals surface area contributed by atoms with Crippen LogP contribution in [0.3, 0.4) is 0 Å². The van der Waals surface area contributed by atoms with E-state index in [-0.39, 0.29) is 0 Å². The van der Waals surface area contributed by atoms with Gasteiger partial charge in [-0.15, -0.1) is 0 Å². The van der Waals surface area contributed by atoms with Gasteiger partial charge in [-0.05, 0) is 37.3 Å². The van der Waals surface area contributed by atoms with Crippen molar-refractivity contribution in [3.05, 3.63) is 54.6 Å². The van der Waals surface area contributed by atoms with Crippen molar-refractivity contribution in [1.29, 1.82) is 0 Å². The Bertz CT molecular complexity index is 969. The SMILES string of the molecule is Cc1ncccc1-c1ccc2c3cnccc3n(C)c2n1. The molecule has 0 atom stereocenters. The number of rotatable bonds is 1. The molecule has 0 fully saturated rings. The Kier molecular flexibility index (Phi) is 2.51. The summed E-state index contributed by atoms with van der Waals surface area (Å²) in [6, 6.07) is 10.2. The normalized spacial score (nSPS) is 11.3. The molecule has 0 bridgehead atoms. The first-order valence-electron chi connectivity index (χ1n) is 6.87. The van der Waals surface area contributed by atoms with Gasteiger partial charge in [0.05, 0.1) is 11.2 Å². The fourth-order valence-corrected chi connectivity index (χ4v) is 2.82. The Morgan fingerprint density at radius 1 is 1.00 bits per heavy atom. The van der Waals surface area contributed by atoms with Crippen molar-refractivity contribution in [2.75, 3.05) is 0 Å². The van der Waals surface area contributed by atoms with Crippen molar-refractivity contribution in [2.24, 2.45) is 7.05 Å². The van der Waals surface area contributed by atoms with Crippen LogP contribution in [-0.4, -0.2) is 19.5 Å². The fourth-order valence-electron chi connectivity index (χ4n) is 2.82. The molecule has 102 valence electrons. The zero-order chi connectivity index (χ0) is 14.4. The van der Waals surface area contributed by atoms with Gasteiger partial charge in [0, 0.05) is 47.7 Å². The molecule has 0 radical (unpaired) electrons. The van der Waals surface area contributed by atoms with Crippen LogP contribution in [0.5, 0.6) is 0 Å². The van der Waals surface area contributed by atoms with E-state index in [0.717, 1.165) is 38.9 Å². The molecule has 0 spiro atoms. The maximum absolute atomic E-state index is 4.84. The highest BCUT2D eigenvalue weighted by atomic mass is 15.0. The molecule has 0 saturated carbocycles. The second-order valence-electron chi connectivity index (χ2n) is 5.16. The number of hydrogen-bond acceptors (Lipinski definition) is 3. The van der Waals surface area contributed by atoms with Gasteiger partial charge in [0.15, 0.2) is 0 Å². The lowest BCUT2D eigenvalue weighted by Gasteiger charge is -2.05. The van der Waals surface area contributed by atoms with E-state index in [4.69, 9.17) is 4.98 Å². The van der Waals surface area contributed by atoms with Gasteiger partial charge in [-0.1, -0.05) is 0 Å². The molecule has 4 rings (SSSR count). The molecule has 0 unspecified atom stereocenters. The molecule has 0 N–H and O–H groups in total. The van der Waals surface area contributed by atoms with Crippen LogP contribution < -0.4 is 0 Å². The van der Waals surface area contributed by atoms with Crippen LogP contribution in [0.1, 0.15) is 5.69 Å². The molecule has 0 aromatic carbocycles. The third-order valence-corrected chi connectivity index (χ3v) is 3.93. The zero-order valence-corrected chi connectivity index (χ0v) is 11.9. The number of aromatic nitrogens is 4. The van der Waals surface area contributed by atoms with Crippen molar-refractivity contribution < 1.29 is 0 Å². The van der Waals surface area contributed by atoms with Crippen molar-refractivity contribution >= 4 is 21.9 Å². The van der Waals surface area contributed by atoms with Crippen LogP contribution in [0.25, 0.3) is 33.2 Å². The fraction of sp³-hybridized carbons (Fsp3) is 0.118. The number of nitrogens with zero attached hydrogens (tertiary/aromatic N) is 4. The molecule has 21 heavy (non-hydrogen) atoms. The second-order valence-corrected chi connectivity index (χ2v) is 5.16. The van der Waals surface area contributed by atoms with E-state index < -0.39 is 0 Å². The largest absolute Gasteiger partial charge is 0.328 e. The summed E-state index contributed by atoms with van der Waals surface area (Å²) in [7, 11) is 2.04. The van der Waals surface area contributed by atoms with Gasteiger partial charge in [0.2, 0.25) is 0 Å². The van der Waals surface area contributed by atoms with Crippen LogP contribution in [0.2, 0.25) is 0 Å². The highest BCUT2D eigenvalue weighted by molar-refractivity contribution is 6.06. The van der Waals surface area contributed by atoms with Crippen LogP contribution >= 0.6 is 0 Å². The van der Waals surface area contributed by atoms with Gasteiger partial charge in [-0.2, -0.15) is 0 Å². The van der Waals surface area contributed by atoms with Crippen molar-refractivity contribution in [1.82, 2.24) is 19.5 Å². The molecule has 0 aliphatic heterocycles. The van der Waals surface area contributed by atoms with E-state index in [2.05, 4.69) is 32.7 Å². The number of hydrogen-bond donors (Lipinski definition) is 0. The topological polar surface area (TPSA) is 43.6 Å². The lowest BCUT2D eigenvalue weighted by molar-refractivity contribution is 0.989. The van der Waals surface area contributed by atoms with Gasteiger partial charge >= 0.3 is 0 Å². The van der Waals surface area contributed by atoms with Gasteiger partial charge in [0.1, 0.15) is 5.65 Å². The maximum Gasteiger partial charge on any atom is 0.141 e. The predicted molar refractivity (Wildman–Crippen MR) is 84.0 cm³/mol. The van der Waals surface area contributed by atoms with E-state index in [9.17, 15) is 0 Å². The molecule has 4 aromatic rings. The summed E-state index contributed by atoms with van der Waals surface area (Å²) < 4.78 is 2.11. The molecule has 4 heteroatoms. The van der Waals surface area contributed by atoms with E-state index in [1.165, 1.54) is 0 Å². The monoisotopic (exact) mass is 274 g/mol. The minimum atomic E-state index is 0.951. The zero-order valence-electron chi connectivity index (χ0n) is 11.9. The first-order chi connectivity index (χ1) is 10.3. The lowest BCUT2D eigenvalue weighted by atomic mass is 10.1. The molecule has 0 saturated heterocycles. The standard InChI is InChI=1S/C17H14N4/c1-11-12(4-3-8-19-11)15-6-5-13-14-10-18-9-7-16(14)21(2)17(13)20-15/h3-10H,1-2H3. The Hall–Kier alpha value is -2.75. The first-order valence-corrected chi connectivity index (χ1v) is 6.87. The van der Waals surface area contributed by atoms with Crippen LogP contribution in [0, 0.1) is 6.92 Å². The Morgan fingerprint density at radius 2 is 1.90 bits per heavy atom. The van der Waals surface area contributed by atoms with E-state index in [0.29, 0.717) is 0 Å². The number of aryl methyl sites for hydroxylation is 2. The second kappa shape index (κ2) is 4.38. The van der Waals surface area contributed by atoms with E-state index in [1.807, 2.05) is 38.5 Å². The summed E-state index contributed by atoms with van der Waals surface area (Å²) in [4.78, 5) is 13.4. The average Bonchev–Trinajstić information content (AvgIpc) is 2.81. The summed E-state index contributed by atoms with van der Waals surface area (Å²) in [5.41, 5.74) is 5.13. The third kappa shape index (κ3) is 1.72. The highest BCUT2D eigenvalue weighted by Gasteiger charge is 2.11. The first kappa shape index (κ1) is 12.0. The summed E-state index contributed by atoms with van der Waals surface area (Å²) in [6.45, 7) is 2.01. The van der Waals surface area contributed by atoms with Crippen molar-refractivity contribution in [3.8, 4) is 11.3 Å². The molecule has 4 heterocycles. The highest BCUT2D eigenvalue weighted by Crippen LogP contribution is 2.29. The number of fused-ring (bicyclic) bond motifs is 3. The molecular formula is C17H14N4. The average molecular weight is 274 g/mol. The summed E-state index contributed by atoms with van der Waals surface area (Å²) in [5, 5.41) is 2.27. The molecule has 0 aliphatic carbocycles. The van der Waals surface area contributed by atoms with Gasteiger partial charge in [-0.3, -0.25) is 9.97 Å². The smallest absolute Gasteiger partial charge is 0.141 e. The quantitative estimate of drug-likeness (QED) is 0.533. The third-order valence-electron chi connectivity index (χ3n) is 3.93. The molecule has 0 amide bonds.